The molecule has 0 aromatic heterocycles. The molecule has 0 aliphatic heterocycles. The molecule has 3 nitrogen and oxygen atoms in total. The highest BCUT2D eigenvalue weighted by Crippen LogP contribution is 2.21. The third kappa shape index (κ3) is 4.13. The number of hydrogen-bond donors (Lipinski definition) is 2. The fourth-order valence-electron chi connectivity index (χ4n) is 0.307. The minimum atomic E-state index is -4.63. The standard InChI is InChI=1S/C4H5F3O3/c5-4(6,7)1-2(8)3(9)10/h2,8H,1H2,(H,9,10). The lowest BCUT2D eigenvalue weighted by molar-refractivity contribution is -0.172. The maximum absolute atomic E-state index is 11.2. The molecule has 0 saturated heterocycles. The topological polar surface area (TPSA) is 57.5 Å². The first-order chi connectivity index (χ1) is 4.33. The fraction of sp³-hybridized carbons (Fsp3) is 0.750. The van der Waals surface area contributed by atoms with Crippen LogP contribution in [0, 0.1) is 0 Å². The van der Waals surface area contributed by atoms with E-state index >= 15 is 0 Å². The lowest BCUT2D eigenvalue weighted by Crippen LogP contribution is -2.26. The molecule has 0 radical (unpaired) electrons. The van der Waals surface area contributed by atoms with Crippen LogP contribution >= 0.6 is 0 Å². The van der Waals surface area contributed by atoms with Gasteiger partial charge in [-0.25, -0.2) is 4.79 Å². The Hall–Kier alpha value is -0.780. The summed E-state index contributed by atoms with van der Waals surface area (Å²) in [4.78, 5) is 9.63. The van der Waals surface area contributed by atoms with Crippen LogP contribution in [0.4, 0.5) is 13.2 Å². The summed E-state index contributed by atoms with van der Waals surface area (Å²) in [7, 11) is 0. The van der Waals surface area contributed by atoms with E-state index in [9.17, 15) is 18.0 Å². The molecule has 0 fully saturated rings. The van der Waals surface area contributed by atoms with Crippen molar-refractivity contribution >= 4 is 5.97 Å². The SMILES string of the molecule is O=C(O)C(O)CC(F)(F)F. The quantitative estimate of drug-likeness (QED) is 0.610. The molecule has 0 amide bonds. The summed E-state index contributed by atoms with van der Waals surface area (Å²) >= 11 is 0. The van der Waals surface area contributed by atoms with Crippen LogP contribution in [0.1, 0.15) is 6.42 Å². The largest absolute Gasteiger partial charge is 0.479 e. The van der Waals surface area contributed by atoms with E-state index < -0.39 is 24.7 Å². The first-order valence-electron chi connectivity index (χ1n) is 2.30. The maximum Gasteiger partial charge on any atom is 0.392 e. The second-order valence-corrected chi connectivity index (χ2v) is 1.67. The molecular formula is C4H5F3O3. The maximum atomic E-state index is 11.2. The molecule has 0 saturated carbocycles. The summed E-state index contributed by atoms with van der Waals surface area (Å²) in [5, 5.41) is 15.9. The van der Waals surface area contributed by atoms with Crippen molar-refractivity contribution in [2.75, 3.05) is 0 Å². The minimum Gasteiger partial charge on any atom is -0.479 e. The zero-order valence-corrected chi connectivity index (χ0v) is 4.72. The van der Waals surface area contributed by atoms with Gasteiger partial charge in [-0.05, 0) is 0 Å². The molecule has 0 rings (SSSR count). The summed E-state index contributed by atoms with van der Waals surface area (Å²) < 4.78 is 33.7. The van der Waals surface area contributed by atoms with Crippen LogP contribution in [0.15, 0.2) is 0 Å². The monoisotopic (exact) mass is 158 g/mol. The Kier molecular flexibility index (Phi) is 2.65. The smallest absolute Gasteiger partial charge is 0.392 e. The van der Waals surface area contributed by atoms with Crippen LogP contribution < -0.4 is 0 Å². The Morgan fingerprint density at radius 1 is 1.50 bits per heavy atom. The summed E-state index contributed by atoms with van der Waals surface area (Å²) in [5.74, 6) is -1.86. The molecule has 0 aliphatic carbocycles. The van der Waals surface area contributed by atoms with Gasteiger partial charge in [0.15, 0.2) is 6.10 Å². The number of halogens is 3. The Balaban J connectivity index is 3.80. The van der Waals surface area contributed by atoms with Crippen LogP contribution in [0.2, 0.25) is 0 Å². The molecule has 2 N–H and O–H groups in total. The number of aliphatic hydroxyl groups excluding tert-OH is 1. The highest BCUT2D eigenvalue weighted by Gasteiger charge is 2.34. The Morgan fingerprint density at radius 2 is 1.90 bits per heavy atom. The number of hydrogen-bond acceptors (Lipinski definition) is 2. The van der Waals surface area contributed by atoms with E-state index in [0.29, 0.717) is 0 Å². The van der Waals surface area contributed by atoms with E-state index in [1.165, 1.54) is 0 Å². The highest BCUT2D eigenvalue weighted by molar-refractivity contribution is 5.71. The van der Waals surface area contributed by atoms with Gasteiger partial charge in [0.25, 0.3) is 0 Å². The average molecular weight is 158 g/mol. The predicted octanol–water partition coefficient (Wildman–Crippen LogP) is 0.384. The van der Waals surface area contributed by atoms with Crippen molar-refractivity contribution < 1.29 is 28.2 Å². The van der Waals surface area contributed by atoms with Crippen molar-refractivity contribution in [3.05, 3.63) is 0 Å². The Bertz CT molecular complexity index is 130. The molecule has 10 heavy (non-hydrogen) atoms. The van der Waals surface area contributed by atoms with Gasteiger partial charge in [0, 0.05) is 0 Å². The van der Waals surface area contributed by atoms with Crippen LogP contribution in [0.5, 0.6) is 0 Å². The van der Waals surface area contributed by atoms with Crippen molar-refractivity contribution in [3.8, 4) is 0 Å². The molecule has 0 aromatic rings. The van der Waals surface area contributed by atoms with Gasteiger partial charge in [-0.1, -0.05) is 0 Å². The molecule has 1 unspecified atom stereocenters. The Morgan fingerprint density at radius 3 is 2.00 bits per heavy atom. The summed E-state index contributed by atoms with van der Waals surface area (Å²) in [5.41, 5.74) is 0. The first-order valence-corrected chi connectivity index (χ1v) is 2.30. The number of aliphatic hydroxyl groups is 1. The van der Waals surface area contributed by atoms with Gasteiger partial charge in [-0.3, -0.25) is 0 Å². The summed E-state index contributed by atoms with van der Waals surface area (Å²) in [6.45, 7) is 0. The lowest BCUT2D eigenvalue weighted by Gasteiger charge is -2.07. The van der Waals surface area contributed by atoms with E-state index in [1.54, 1.807) is 0 Å². The van der Waals surface area contributed by atoms with Crippen molar-refractivity contribution in [2.24, 2.45) is 0 Å². The third-order valence-electron chi connectivity index (χ3n) is 0.710. The molecule has 60 valence electrons. The molecule has 0 bridgehead atoms. The minimum absolute atomic E-state index is 1.71. The molecule has 0 aromatic carbocycles. The van der Waals surface area contributed by atoms with Crippen LogP contribution in [0.3, 0.4) is 0 Å². The van der Waals surface area contributed by atoms with Gasteiger partial charge < -0.3 is 10.2 Å². The van der Waals surface area contributed by atoms with Crippen LogP contribution in [-0.4, -0.2) is 28.5 Å². The average Bonchev–Trinajstić information content (AvgIpc) is 1.60. The predicted molar refractivity (Wildman–Crippen MR) is 24.3 cm³/mol. The number of carboxylic acids is 1. The number of rotatable bonds is 2. The van der Waals surface area contributed by atoms with E-state index in [4.69, 9.17) is 10.2 Å². The second-order valence-electron chi connectivity index (χ2n) is 1.67. The van der Waals surface area contributed by atoms with Crippen molar-refractivity contribution in [1.82, 2.24) is 0 Å². The van der Waals surface area contributed by atoms with Gasteiger partial charge in [0.1, 0.15) is 0 Å². The van der Waals surface area contributed by atoms with Crippen LogP contribution in [0.25, 0.3) is 0 Å². The van der Waals surface area contributed by atoms with Crippen LogP contribution in [-0.2, 0) is 4.79 Å². The highest BCUT2D eigenvalue weighted by atomic mass is 19.4. The van der Waals surface area contributed by atoms with Gasteiger partial charge in [-0.2, -0.15) is 13.2 Å². The third-order valence-corrected chi connectivity index (χ3v) is 0.710. The van der Waals surface area contributed by atoms with E-state index in [2.05, 4.69) is 0 Å². The van der Waals surface area contributed by atoms with Gasteiger partial charge in [0.05, 0.1) is 6.42 Å². The molecule has 0 aliphatic rings. The molecule has 1 atom stereocenters. The summed E-state index contributed by atoms with van der Waals surface area (Å²) in [6.07, 6.45) is -8.68. The number of carboxylic acid groups (broad SMARTS) is 1. The zero-order chi connectivity index (χ0) is 8.36. The normalized spacial score (nSPS) is 14.8. The van der Waals surface area contributed by atoms with Gasteiger partial charge in [0.2, 0.25) is 0 Å². The molecule has 6 heteroatoms. The van der Waals surface area contributed by atoms with E-state index in [1.807, 2.05) is 0 Å². The fourth-order valence-corrected chi connectivity index (χ4v) is 0.307. The van der Waals surface area contributed by atoms with E-state index in [0.717, 1.165) is 0 Å². The first kappa shape index (κ1) is 9.22. The number of carbonyl (C=O) groups is 1. The van der Waals surface area contributed by atoms with Crippen molar-refractivity contribution in [2.45, 2.75) is 18.7 Å². The summed E-state index contributed by atoms with van der Waals surface area (Å²) in [6, 6.07) is 0. The van der Waals surface area contributed by atoms with Gasteiger partial charge in [-0.15, -0.1) is 0 Å². The van der Waals surface area contributed by atoms with Crippen molar-refractivity contribution in [3.63, 3.8) is 0 Å². The van der Waals surface area contributed by atoms with Gasteiger partial charge >= 0.3 is 12.1 Å². The zero-order valence-electron chi connectivity index (χ0n) is 4.72. The number of aliphatic carboxylic acids is 1. The molecule has 0 heterocycles. The molecular weight excluding hydrogens is 153 g/mol. The lowest BCUT2D eigenvalue weighted by atomic mass is 10.2. The molecule has 0 spiro atoms. The number of alkyl halides is 3. The van der Waals surface area contributed by atoms with E-state index in [-0.39, 0.29) is 0 Å². The van der Waals surface area contributed by atoms with Crippen molar-refractivity contribution in [1.29, 1.82) is 0 Å². The Labute approximate surface area is 54.1 Å². The second kappa shape index (κ2) is 2.87.